The van der Waals surface area contributed by atoms with Gasteiger partial charge in [-0.05, 0) is 63.1 Å². The molecule has 3 heterocycles. The van der Waals surface area contributed by atoms with E-state index in [0.717, 1.165) is 44.7 Å². The normalized spacial score (nSPS) is 17.8. The first-order chi connectivity index (χ1) is 15.3. The Hall–Kier alpha value is -2.40. The largest absolute Gasteiger partial charge is 0.298 e. The zero-order valence-corrected chi connectivity index (χ0v) is 20.1. The van der Waals surface area contributed by atoms with Crippen molar-refractivity contribution in [1.82, 2.24) is 14.3 Å². The number of sulfonamides is 1. The highest BCUT2D eigenvalue weighted by Gasteiger charge is 2.31. The molecule has 1 N–H and O–H groups in total. The van der Waals surface area contributed by atoms with Crippen molar-refractivity contribution in [3.05, 3.63) is 47.0 Å². The van der Waals surface area contributed by atoms with Gasteiger partial charge in [-0.3, -0.25) is 10.1 Å². The van der Waals surface area contributed by atoms with Crippen molar-refractivity contribution in [1.29, 1.82) is 0 Å². The number of aromatic nitrogens is 2. The van der Waals surface area contributed by atoms with Crippen LogP contribution in [0.5, 0.6) is 0 Å². The van der Waals surface area contributed by atoms with Crippen LogP contribution in [0, 0.1) is 6.92 Å². The number of anilines is 1. The molecule has 1 fully saturated rings. The van der Waals surface area contributed by atoms with Gasteiger partial charge < -0.3 is 0 Å². The molecule has 1 aliphatic rings. The molecule has 0 unspecified atom stereocenters. The summed E-state index contributed by atoms with van der Waals surface area (Å²) in [5.41, 5.74) is 2.08. The van der Waals surface area contributed by atoms with E-state index >= 15 is 0 Å². The average Bonchev–Trinajstić information content (AvgIpc) is 3.36. The van der Waals surface area contributed by atoms with E-state index in [1.807, 2.05) is 26.0 Å². The zero-order chi connectivity index (χ0) is 22.5. The summed E-state index contributed by atoms with van der Waals surface area (Å²) in [6.45, 7) is 4.45. The lowest BCUT2D eigenvalue weighted by molar-refractivity contribution is 0.102. The van der Waals surface area contributed by atoms with E-state index in [4.69, 9.17) is 0 Å². The summed E-state index contributed by atoms with van der Waals surface area (Å²) < 4.78 is 29.6. The van der Waals surface area contributed by atoms with Gasteiger partial charge in [0, 0.05) is 18.2 Å². The summed E-state index contributed by atoms with van der Waals surface area (Å²) in [6.07, 6.45) is 2.79. The molecule has 1 amide bonds. The third-order valence-electron chi connectivity index (χ3n) is 5.71. The van der Waals surface area contributed by atoms with Crippen LogP contribution in [0.15, 0.2) is 41.3 Å². The summed E-state index contributed by atoms with van der Waals surface area (Å²) in [5, 5.41) is 4.31. The Morgan fingerprint density at radius 2 is 1.88 bits per heavy atom. The van der Waals surface area contributed by atoms with E-state index in [0.29, 0.717) is 17.2 Å². The zero-order valence-electron chi connectivity index (χ0n) is 17.7. The number of carbonyl (C=O) groups is 1. The third-order valence-corrected chi connectivity index (χ3v) is 9.66. The molecule has 4 aromatic rings. The second kappa shape index (κ2) is 8.18. The van der Waals surface area contributed by atoms with Crippen molar-refractivity contribution in [3.8, 4) is 0 Å². The molecule has 1 aliphatic heterocycles. The average molecular weight is 487 g/mol. The predicted molar refractivity (Wildman–Crippen MR) is 129 cm³/mol. The predicted octanol–water partition coefficient (Wildman–Crippen LogP) is 5.03. The molecular weight excluding hydrogens is 464 g/mol. The fraction of sp³-hybridized carbons (Fsp3) is 0.318. The summed E-state index contributed by atoms with van der Waals surface area (Å²) in [7, 11) is -3.56. The number of fused-ring (bicyclic) bond motifs is 3. The van der Waals surface area contributed by atoms with Crippen molar-refractivity contribution >= 4 is 64.2 Å². The topological polar surface area (TPSA) is 92.3 Å². The number of rotatable bonds is 4. The molecule has 10 heteroatoms. The molecule has 7 nitrogen and oxygen atoms in total. The Balaban J connectivity index is 1.36. The Kier molecular flexibility index (Phi) is 5.48. The molecule has 166 valence electrons. The van der Waals surface area contributed by atoms with Gasteiger partial charge in [-0.25, -0.2) is 18.4 Å². The van der Waals surface area contributed by atoms with Crippen LogP contribution in [0.25, 0.3) is 20.4 Å². The molecule has 0 saturated carbocycles. The van der Waals surface area contributed by atoms with Gasteiger partial charge in [-0.1, -0.05) is 17.8 Å². The first kappa shape index (κ1) is 21.4. The van der Waals surface area contributed by atoms with Crippen LogP contribution in [0.1, 0.15) is 41.6 Å². The van der Waals surface area contributed by atoms with Crippen molar-refractivity contribution < 1.29 is 13.2 Å². The molecule has 0 bridgehead atoms. The number of nitrogens with one attached hydrogen (secondary N) is 1. The maximum absolute atomic E-state index is 13.0. The fourth-order valence-electron chi connectivity index (χ4n) is 4.05. The maximum atomic E-state index is 13.0. The first-order valence-corrected chi connectivity index (χ1v) is 13.5. The first-order valence-electron chi connectivity index (χ1n) is 10.4. The summed E-state index contributed by atoms with van der Waals surface area (Å²) in [6, 6.07) is 10.0. The Morgan fingerprint density at radius 1 is 1.09 bits per heavy atom. The summed E-state index contributed by atoms with van der Waals surface area (Å²) >= 11 is 3.02. The van der Waals surface area contributed by atoms with E-state index in [2.05, 4.69) is 15.3 Å². The third kappa shape index (κ3) is 3.81. The van der Waals surface area contributed by atoms with Gasteiger partial charge in [0.15, 0.2) is 5.13 Å². The highest BCUT2D eigenvalue weighted by Crippen LogP contribution is 2.35. The highest BCUT2D eigenvalue weighted by molar-refractivity contribution is 7.89. The van der Waals surface area contributed by atoms with Gasteiger partial charge >= 0.3 is 0 Å². The minimum Gasteiger partial charge on any atom is -0.298 e. The molecule has 2 aromatic heterocycles. The highest BCUT2D eigenvalue weighted by atomic mass is 32.2. The summed E-state index contributed by atoms with van der Waals surface area (Å²) in [4.78, 5) is 22.1. The maximum Gasteiger partial charge on any atom is 0.257 e. The number of thiazole rings is 2. The number of hydrogen-bond acceptors (Lipinski definition) is 7. The number of benzene rings is 2. The van der Waals surface area contributed by atoms with Gasteiger partial charge in [0.2, 0.25) is 10.0 Å². The Bertz CT molecular complexity index is 1420. The minimum atomic E-state index is -3.56. The van der Waals surface area contributed by atoms with Crippen molar-refractivity contribution in [2.24, 2.45) is 0 Å². The SMILES string of the molecule is Cc1nc2c(ccc3nc(NC(=O)c4ccc(S(=O)(=O)N5CCCC[C@@H]5C)cc4)sc32)s1. The lowest BCUT2D eigenvalue weighted by Crippen LogP contribution is -2.41. The number of aryl methyl sites for hydroxylation is 1. The van der Waals surface area contributed by atoms with Crippen LogP contribution >= 0.6 is 22.7 Å². The second-order valence-corrected chi connectivity index (χ2v) is 12.1. The Morgan fingerprint density at radius 3 is 2.62 bits per heavy atom. The molecule has 1 saturated heterocycles. The second-order valence-electron chi connectivity index (χ2n) is 7.95. The van der Waals surface area contributed by atoms with Gasteiger partial charge in [0.05, 0.1) is 24.8 Å². The number of piperidine rings is 1. The molecular formula is C22H22N4O3S3. The van der Waals surface area contributed by atoms with Crippen LogP contribution in [0.2, 0.25) is 0 Å². The number of hydrogen-bond donors (Lipinski definition) is 1. The monoisotopic (exact) mass is 486 g/mol. The number of nitrogens with zero attached hydrogens (tertiary/aromatic N) is 3. The lowest BCUT2D eigenvalue weighted by Gasteiger charge is -2.32. The van der Waals surface area contributed by atoms with Crippen molar-refractivity contribution in [2.75, 3.05) is 11.9 Å². The van der Waals surface area contributed by atoms with Crippen molar-refractivity contribution in [3.63, 3.8) is 0 Å². The van der Waals surface area contributed by atoms with E-state index in [1.165, 1.54) is 23.5 Å². The van der Waals surface area contributed by atoms with Crippen LogP contribution in [-0.4, -0.2) is 41.2 Å². The number of amides is 1. The van der Waals surface area contributed by atoms with Gasteiger partial charge in [0.25, 0.3) is 5.91 Å². The molecule has 1 atom stereocenters. The smallest absolute Gasteiger partial charge is 0.257 e. The van der Waals surface area contributed by atoms with Crippen LogP contribution < -0.4 is 5.32 Å². The number of carbonyl (C=O) groups excluding carboxylic acids is 1. The van der Waals surface area contributed by atoms with E-state index in [9.17, 15) is 13.2 Å². The Labute approximate surface area is 194 Å². The standard InChI is InChI=1S/C22H22N4O3S3/c1-13-5-3-4-12-26(13)32(28,29)16-8-6-15(7-9-16)21(27)25-22-24-17-10-11-18-19(20(17)31-22)23-14(2)30-18/h6-11,13H,3-5,12H2,1-2H3,(H,24,25,27)/t13-/m0/s1. The van der Waals surface area contributed by atoms with Gasteiger partial charge in [-0.15, -0.1) is 11.3 Å². The van der Waals surface area contributed by atoms with E-state index < -0.39 is 10.0 Å². The van der Waals surface area contributed by atoms with Gasteiger partial charge in [-0.2, -0.15) is 4.31 Å². The molecule has 5 rings (SSSR count). The molecule has 0 aliphatic carbocycles. The molecule has 2 aromatic carbocycles. The van der Waals surface area contributed by atoms with E-state index in [-0.39, 0.29) is 16.8 Å². The molecule has 0 spiro atoms. The van der Waals surface area contributed by atoms with E-state index in [1.54, 1.807) is 27.8 Å². The summed E-state index contributed by atoms with van der Waals surface area (Å²) in [5.74, 6) is -0.329. The van der Waals surface area contributed by atoms with Crippen LogP contribution in [0.4, 0.5) is 5.13 Å². The molecule has 32 heavy (non-hydrogen) atoms. The van der Waals surface area contributed by atoms with Gasteiger partial charge in [0.1, 0.15) is 5.52 Å². The van der Waals surface area contributed by atoms with Crippen LogP contribution in [0.3, 0.4) is 0 Å². The minimum absolute atomic E-state index is 0.0104. The quantitative estimate of drug-likeness (QED) is 0.437. The fourth-order valence-corrected chi connectivity index (χ4v) is 7.60. The van der Waals surface area contributed by atoms with Crippen molar-refractivity contribution in [2.45, 2.75) is 44.0 Å². The molecule has 0 radical (unpaired) electrons. The van der Waals surface area contributed by atoms with Crippen LogP contribution in [-0.2, 0) is 10.0 Å². The lowest BCUT2D eigenvalue weighted by atomic mass is 10.1.